The lowest BCUT2D eigenvalue weighted by molar-refractivity contribution is -0.142. The average Bonchev–Trinajstić information content (AvgIpc) is 3.06. The molecule has 0 aliphatic rings. The summed E-state index contributed by atoms with van der Waals surface area (Å²) in [5.74, 6) is -2.62. The maximum atomic E-state index is 13.3. The molecule has 0 atom stereocenters. The van der Waals surface area contributed by atoms with Crippen LogP contribution in [-0.4, -0.2) is 37.7 Å². The summed E-state index contributed by atoms with van der Waals surface area (Å²) in [5, 5.41) is 2.74. The number of hydrogen-bond acceptors (Lipinski definition) is 7. The van der Waals surface area contributed by atoms with Gasteiger partial charge in [0.25, 0.3) is 5.91 Å². The van der Waals surface area contributed by atoms with Crippen molar-refractivity contribution in [2.24, 2.45) is 0 Å². The van der Waals surface area contributed by atoms with E-state index >= 15 is 0 Å². The molecule has 0 bridgehead atoms. The van der Waals surface area contributed by atoms with Gasteiger partial charge in [0.2, 0.25) is 0 Å². The summed E-state index contributed by atoms with van der Waals surface area (Å²) in [6, 6.07) is 6.37. The van der Waals surface area contributed by atoms with Crippen molar-refractivity contribution in [1.29, 1.82) is 0 Å². The Kier molecular flexibility index (Phi) is 5.69. The second-order valence-corrected chi connectivity index (χ2v) is 6.47. The van der Waals surface area contributed by atoms with Crippen molar-refractivity contribution < 1.29 is 32.6 Å². The first kappa shape index (κ1) is 19.5. The molecule has 0 unspecified atom stereocenters. The van der Waals surface area contributed by atoms with Crippen LogP contribution in [-0.2, 0) is 9.53 Å². The Morgan fingerprint density at radius 2 is 1.86 bits per heavy atom. The number of benzene rings is 2. The van der Waals surface area contributed by atoms with Crippen molar-refractivity contribution in [2.45, 2.75) is 0 Å². The highest BCUT2D eigenvalue weighted by Gasteiger charge is 2.15. The molecule has 10 heteroatoms. The molecule has 2 aromatic carbocycles. The number of thiazole rings is 1. The minimum Gasteiger partial charge on any atom is -0.493 e. The molecule has 146 valence electrons. The number of carbonyl (C=O) groups excluding carboxylic acids is 2. The van der Waals surface area contributed by atoms with Crippen molar-refractivity contribution in [2.75, 3.05) is 26.1 Å². The molecule has 0 fully saturated rings. The van der Waals surface area contributed by atoms with Crippen LogP contribution < -0.4 is 14.8 Å². The zero-order chi connectivity index (χ0) is 20.3. The lowest BCUT2D eigenvalue weighted by Crippen LogP contribution is -2.15. The van der Waals surface area contributed by atoms with Crippen molar-refractivity contribution in [1.82, 2.24) is 4.98 Å². The number of halogens is 2. The van der Waals surface area contributed by atoms with E-state index in [2.05, 4.69) is 15.0 Å². The van der Waals surface area contributed by atoms with Crippen LogP contribution in [0.3, 0.4) is 0 Å². The Morgan fingerprint density at radius 1 is 1.11 bits per heavy atom. The van der Waals surface area contributed by atoms with Crippen LogP contribution in [0, 0.1) is 11.6 Å². The first-order valence-corrected chi connectivity index (χ1v) is 8.67. The van der Waals surface area contributed by atoms with E-state index in [-0.39, 0.29) is 28.6 Å². The van der Waals surface area contributed by atoms with Crippen LogP contribution in [0.4, 0.5) is 13.9 Å². The van der Waals surface area contributed by atoms with Gasteiger partial charge >= 0.3 is 5.97 Å². The molecule has 0 spiro atoms. The Labute approximate surface area is 161 Å². The molecule has 3 rings (SSSR count). The van der Waals surface area contributed by atoms with Gasteiger partial charge in [0, 0.05) is 11.6 Å². The zero-order valence-corrected chi connectivity index (χ0v) is 15.6. The van der Waals surface area contributed by atoms with Crippen LogP contribution in [0.5, 0.6) is 11.5 Å². The number of carbonyl (C=O) groups is 2. The molecule has 7 nitrogen and oxygen atoms in total. The maximum absolute atomic E-state index is 13.3. The average molecular weight is 408 g/mol. The van der Waals surface area contributed by atoms with E-state index in [9.17, 15) is 18.4 Å². The topological polar surface area (TPSA) is 86.8 Å². The van der Waals surface area contributed by atoms with E-state index < -0.39 is 23.5 Å². The Morgan fingerprint density at radius 3 is 2.57 bits per heavy atom. The zero-order valence-electron chi connectivity index (χ0n) is 14.7. The SMILES string of the molecule is COC(=O)COc1cc(C(=O)Nc2nc3cc(F)c(F)cc3s2)ccc1OC. The Hall–Kier alpha value is -3.27. The molecule has 0 saturated heterocycles. The third-order valence-electron chi connectivity index (χ3n) is 3.65. The number of methoxy groups -OCH3 is 2. The summed E-state index contributed by atoms with van der Waals surface area (Å²) in [6.45, 7) is -0.354. The molecular weight excluding hydrogens is 394 g/mol. The van der Waals surface area contributed by atoms with E-state index in [1.165, 1.54) is 32.4 Å². The molecule has 3 aromatic rings. The summed E-state index contributed by atoms with van der Waals surface area (Å²) in [5.41, 5.74) is 0.438. The fourth-order valence-corrected chi connectivity index (χ4v) is 3.14. The second kappa shape index (κ2) is 8.17. The van der Waals surface area contributed by atoms with E-state index in [1.807, 2.05) is 0 Å². The van der Waals surface area contributed by atoms with Crippen LogP contribution in [0.25, 0.3) is 10.2 Å². The summed E-state index contributed by atoms with van der Waals surface area (Å²) in [6.07, 6.45) is 0. The predicted octanol–water partition coefficient (Wildman–Crippen LogP) is 3.39. The number of fused-ring (bicyclic) bond motifs is 1. The van der Waals surface area contributed by atoms with Gasteiger partial charge in [-0.2, -0.15) is 0 Å². The van der Waals surface area contributed by atoms with Gasteiger partial charge in [-0.05, 0) is 24.3 Å². The third-order valence-corrected chi connectivity index (χ3v) is 4.58. The molecule has 0 aliphatic heterocycles. The molecule has 0 aliphatic carbocycles. The van der Waals surface area contributed by atoms with Gasteiger partial charge in [-0.3, -0.25) is 10.1 Å². The fraction of sp³-hybridized carbons (Fsp3) is 0.167. The van der Waals surface area contributed by atoms with Gasteiger partial charge in [-0.25, -0.2) is 18.6 Å². The lowest BCUT2D eigenvalue weighted by Gasteiger charge is -2.11. The molecule has 1 aromatic heterocycles. The largest absolute Gasteiger partial charge is 0.493 e. The highest BCUT2D eigenvalue weighted by Crippen LogP contribution is 2.30. The first-order chi connectivity index (χ1) is 13.4. The van der Waals surface area contributed by atoms with Gasteiger partial charge in [0.1, 0.15) is 0 Å². The van der Waals surface area contributed by atoms with Crippen molar-refractivity contribution in [3.05, 3.63) is 47.5 Å². The lowest BCUT2D eigenvalue weighted by atomic mass is 10.2. The number of hydrogen-bond donors (Lipinski definition) is 1. The summed E-state index contributed by atoms with van der Waals surface area (Å²) in [7, 11) is 2.64. The number of nitrogens with zero attached hydrogens (tertiary/aromatic N) is 1. The Balaban J connectivity index is 1.81. The first-order valence-electron chi connectivity index (χ1n) is 7.86. The number of rotatable bonds is 6. The second-order valence-electron chi connectivity index (χ2n) is 5.44. The molecule has 1 amide bonds. The normalized spacial score (nSPS) is 10.6. The highest BCUT2D eigenvalue weighted by molar-refractivity contribution is 7.22. The van der Waals surface area contributed by atoms with Gasteiger partial charge in [0.15, 0.2) is 34.9 Å². The maximum Gasteiger partial charge on any atom is 0.343 e. The fourth-order valence-electron chi connectivity index (χ4n) is 2.27. The number of esters is 1. The number of anilines is 1. The molecule has 1 N–H and O–H groups in total. The van der Waals surface area contributed by atoms with Crippen LogP contribution >= 0.6 is 11.3 Å². The van der Waals surface area contributed by atoms with E-state index in [4.69, 9.17) is 9.47 Å². The van der Waals surface area contributed by atoms with Crippen molar-refractivity contribution in [3.63, 3.8) is 0 Å². The van der Waals surface area contributed by atoms with E-state index in [0.717, 1.165) is 23.5 Å². The van der Waals surface area contributed by atoms with Gasteiger partial charge in [0.05, 0.1) is 24.4 Å². The standard InChI is InChI=1S/C18H14F2N2O5S/c1-25-13-4-3-9(5-14(13)27-8-16(23)26-2)17(24)22-18-21-12-6-10(19)11(20)7-15(12)28-18/h3-7H,8H2,1-2H3,(H,21,22,24). The number of nitrogens with one attached hydrogen (secondary N) is 1. The minimum absolute atomic E-state index is 0.175. The molecular formula is C18H14F2N2O5S. The number of ether oxygens (including phenoxy) is 3. The Bertz CT molecular complexity index is 1010. The number of amides is 1. The summed E-state index contributed by atoms with van der Waals surface area (Å²) in [4.78, 5) is 27.8. The van der Waals surface area contributed by atoms with Crippen molar-refractivity contribution in [3.8, 4) is 11.5 Å². The van der Waals surface area contributed by atoms with E-state index in [0.29, 0.717) is 10.4 Å². The molecule has 0 radical (unpaired) electrons. The predicted molar refractivity (Wildman–Crippen MR) is 98.0 cm³/mol. The highest BCUT2D eigenvalue weighted by atomic mass is 32.1. The van der Waals surface area contributed by atoms with Crippen molar-refractivity contribution >= 4 is 38.6 Å². The summed E-state index contributed by atoms with van der Waals surface area (Å²) < 4.78 is 42.0. The quantitative estimate of drug-likeness (QED) is 0.630. The van der Waals surface area contributed by atoms with Gasteiger partial charge < -0.3 is 14.2 Å². The smallest absolute Gasteiger partial charge is 0.343 e. The van der Waals surface area contributed by atoms with Gasteiger partial charge in [-0.15, -0.1) is 0 Å². The van der Waals surface area contributed by atoms with Gasteiger partial charge in [-0.1, -0.05) is 11.3 Å². The summed E-state index contributed by atoms with van der Waals surface area (Å²) >= 11 is 1.01. The van der Waals surface area contributed by atoms with Crippen LogP contribution in [0.15, 0.2) is 30.3 Å². The third kappa shape index (κ3) is 4.17. The van der Waals surface area contributed by atoms with Crippen LogP contribution in [0.1, 0.15) is 10.4 Å². The molecule has 0 saturated carbocycles. The molecule has 28 heavy (non-hydrogen) atoms. The van der Waals surface area contributed by atoms with Crippen LogP contribution in [0.2, 0.25) is 0 Å². The monoisotopic (exact) mass is 408 g/mol. The number of aromatic nitrogens is 1. The van der Waals surface area contributed by atoms with E-state index in [1.54, 1.807) is 0 Å². The minimum atomic E-state index is -1.02. The molecule has 1 heterocycles.